The number of carbonyl (C=O) groups is 3. The molecule has 0 saturated carbocycles. The summed E-state index contributed by atoms with van der Waals surface area (Å²) >= 11 is 0. The van der Waals surface area contributed by atoms with Gasteiger partial charge in [-0.15, -0.1) is 6.58 Å². The Hall–Kier alpha value is -3.84. The predicted molar refractivity (Wildman–Crippen MR) is 186 cm³/mol. The van der Waals surface area contributed by atoms with Gasteiger partial charge in [0.25, 0.3) is 0 Å². The number of nitrogens with zero attached hydrogens (tertiary/aromatic N) is 3. The van der Waals surface area contributed by atoms with E-state index in [1.807, 2.05) is 18.3 Å². The van der Waals surface area contributed by atoms with Crippen LogP contribution in [0.3, 0.4) is 0 Å². The van der Waals surface area contributed by atoms with E-state index in [0.717, 1.165) is 72.8 Å². The first-order valence-corrected chi connectivity index (χ1v) is 16.7. The third-order valence-corrected chi connectivity index (χ3v) is 8.98. The summed E-state index contributed by atoms with van der Waals surface area (Å²) in [6, 6.07) is 10.3. The number of pyridine rings is 1. The van der Waals surface area contributed by atoms with Crippen molar-refractivity contribution in [2.24, 2.45) is 5.41 Å². The van der Waals surface area contributed by atoms with Gasteiger partial charge in [-0.1, -0.05) is 50.6 Å². The van der Waals surface area contributed by atoms with E-state index in [1.165, 1.54) is 5.57 Å². The zero-order valence-corrected chi connectivity index (χ0v) is 28.5. The summed E-state index contributed by atoms with van der Waals surface area (Å²) in [5.41, 5.74) is 7.68. The van der Waals surface area contributed by atoms with Gasteiger partial charge < -0.3 is 14.5 Å². The van der Waals surface area contributed by atoms with Crippen molar-refractivity contribution in [3.63, 3.8) is 0 Å². The van der Waals surface area contributed by atoms with Gasteiger partial charge in [-0.25, -0.2) is 0 Å². The van der Waals surface area contributed by atoms with Crippen molar-refractivity contribution in [1.29, 1.82) is 0 Å². The average molecular weight is 626 g/mol. The van der Waals surface area contributed by atoms with E-state index < -0.39 is 0 Å². The summed E-state index contributed by atoms with van der Waals surface area (Å²) < 4.78 is 5.59. The molecule has 246 valence electrons. The van der Waals surface area contributed by atoms with Crippen LogP contribution in [0.15, 0.2) is 72.0 Å². The van der Waals surface area contributed by atoms with E-state index in [1.54, 1.807) is 18.0 Å². The van der Waals surface area contributed by atoms with Crippen molar-refractivity contribution < 1.29 is 19.1 Å². The first-order chi connectivity index (χ1) is 22.0. The lowest BCUT2D eigenvalue weighted by Gasteiger charge is -2.21. The Morgan fingerprint density at radius 2 is 1.87 bits per heavy atom. The fourth-order valence-electron chi connectivity index (χ4n) is 6.02. The average Bonchev–Trinajstić information content (AvgIpc) is 3.26. The topological polar surface area (TPSA) is 79.8 Å². The summed E-state index contributed by atoms with van der Waals surface area (Å²) in [5, 5.41) is 0. The molecule has 46 heavy (non-hydrogen) atoms. The molecule has 0 bridgehead atoms. The summed E-state index contributed by atoms with van der Waals surface area (Å²) in [5.74, 6) is 0.139. The lowest BCUT2D eigenvalue weighted by atomic mass is 9.84. The van der Waals surface area contributed by atoms with Crippen LogP contribution in [0.1, 0.15) is 76.8 Å². The van der Waals surface area contributed by atoms with Gasteiger partial charge in [0.2, 0.25) is 5.91 Å². The number of hydrogen-bond acceptors (Lipinski definition) is 6. The standard InChI is InChI=1S/C39H51N3O4/c1-7-8-17-41(6)38(45)12-9-11-37(44)35-26-31(39(3,4)5)24-30(35)25-33(43)22-29-14-13-28(2)34(23-29)36-16-15-32(27-40-36)42-18-10-20-46-21-19-42/h7,13-16,23,26-27H,1,8-12,17-22,24-25H2,2-6H3. The van der Waals surface area contributed by atoms with Crippen molar-refractivity contribution in [2.45, 2.75) is 79.1 Å². The van der Waals surface area contributed by atoms with Crippen molar-refractivity contribution in [2.75, 3.05) is 44.8 Å². The van der Waals surface area contributed by atoms with Gasteiger partial charge in [0.15, 0.2) is 5.78 Å². The molecule has 4 rings (SSSR count). The SMILES string of the molecule is C=CCCN(C)C(=O)CCCC(=O)C1=C(CC(=O)Cc2ccc(C)c(-c3ccc(N4CCCOCC4)cn3)c2)CC(C(C)(C)C)=C1. The highest BCUT2D eigenvalue weighted by Crippen LogP contribution is 2.39. The van der Waals surface area contributed by atoms with Crippen LogP contribution in [0.25, 0.3) is 11.3 Å². The number of anilines is 1. The third kappa shape index (κ3) is 9.58. The highest BCUT2D eigenvalue weighted by Gasteiger charge is 2.28. The van der Waals surface area contributed by atoms with Gasteiger partial charge in [0.1, 0.15) is 5.78 Å². The number of hydrogen-bond donors (Lipinski definition) is 0. The molecular formula is C39H51N3O4. The summed E-state index contributed by atoms with van der Waals surface area (Å²) in [6.07, 6.45) is 9.77. The number of ketones is 2. The van der Waals surface area contributed by atoms with Gasteiger partial charge >= 0.3 is 0 Å². The van der Waals surface area contributed by atoms with Gasteiger partial charge in [0.05, 0.1) is 24.2 Å². The number of rotatable bonds is 14. The minimum atomic E-state index is -0.102. The molecule has 0 spiro atoms. The van der Waals surface area contributed by atoms with Gasteiger partial charge in [0, 0.05) is 70.1 Å². The lowest BCUT2D eigenvalue weighted by Crippen LogP contribution is -2.27. The Morgan fingerprint density at radius 1 is 1.07 bits per heavy atom. The molecule has 1 fully saturated rings. The zero-order chi connectivity index (χ0) is 33.3. The minimum absolute atomic E-state index is 0.0171. The number of allylic oxidation sites excluding steroid dienone is 4. The smallest absolute Gasteiger partial charge is 0.222 e. The zero-order valence-electron chi connectivity index (χ0n) is 28.5. The van der Waals surface area contributed by atoms with Crippen LogP contribution in [-0.2, 0) is 25.5 Å². The molecule has 2 aliphatic rings. The highest BCUT2D eigenvalue weighted by molar-refractivity contribution is 6.01. The van der Waals surface area contributed by atoms with Crippen LogP contribution in [0.2, 0.25) is 0 Å². The predicted octanol–water partition coefficient (Wildman–Crippen LogP) is 7.23. The number of carbonyl (C=O) groups excluding carboxylic acids is 3. The van der Waals surface area contributed by atoms with Gasteiger partial charge in [-0.05, 0) is 72.9 Å². The molecule has 0 radical (unpaired) electrons. The van der Waals surface area contributed by atoms with Crippen LogP contribution < -0.4 is 4.90 Å². The maximum absolute atomic E-state index is 13.5. The molecule has 2 heterocycles. The van der Waals surface area contributed by atoms with Crippen LogP contribution in [-0.4, -0.2) is 67.3 Å². The van der Waals surface area contributed by atoms with E-state index in [-0.39, 0.29) is 29.3 Å². The number of ether oxygens (including phenoxy) is 1. The quantitative estimate of drug-likeness (QED) is 0.206. The molecule has 7 heteroatoms. The van der Waals surface area contributed by atoms with E-state index in [0.29, 0.717) is 44.2 Å². The Balaban J connectivity index is 1.42. The van der Waals surface area contributed by atoms with Crippen molar-refractivity contribution in [1.82, 2.24) is 9.88 Å². The molecule has 0 N–H and O–H groups in total. The maximum Gasteiger partial charge on any atom is 0.222 e. The van der Waals surface area contributed by atoms with Crippen LogP contribution >= 0.6 is 0 Å². The molecule has 1 saturated heterocycles. The van der Waals surface area contributed by atoms with Crippen LogP contribution in [0.5, 0.6) is 0 Å². The van der Waals surface area contributed by atoms with E-state index in [4.69, 9.17) is 9.72 Å². The van der Waals surface area contributed by atoms with E-state index in [9.17, 15) is 14.4 Å². The van der Waals surface area contributed by atoms with Crippen LogP contribution in [0.4, 0.5) is 5.69 Å². The summed E-state index contributed by atoms with van der Waals surface area (Å²) in [4.78, 5) is 48.1. The minimum Gasteiger partial charge on any atom is -0.380 e. The van der Waals surface area contributed by atoms with Gasteiger partial charge in [-0.2, -0.15) is 0 Å². The Labute approximate surface area is 275 Å². The van der Waals surface area contributed by atoms with Crippen molar-refractivity contribution >= 4 is 23.2 Å². The lowest BCUT2D eigenvalue weighted by molar-refractivity contribution is -0.130. The Kier molecular flexibility index (Phi) is 12.3. The molecule has 1 aliphatic carbocycles. The molecule has 0 atom stereocenters. The maximum atomic E-state index is 13.5. The Bertz CT molecular complexity index is 1470. The third-order valence-electron chi connectivity index (χ3n) is 8.98. The number of amides is 1. The largest absolute Gasteiger partial charge is 0.380 e. The highest BCUT2D eigenvalue weighted by atomic mass is 16.5. The van der Waals surface area contributed by atoms with E-state index >= 15 is 0 Å². The molecule has 1 aromatic heterocycles. The number of aromatic nitrogens is 1. The van der Waals surface area contributed by atoms with Crippen molar-refractivity contribution in [3.05, 3.63) is 83.1 Å². The number of aryl methyl sites for hydroxylation is 1. The first kappa shape index (κ1) is 35.0. The summed E-state index contributed by atoms with van der Waals surface area (Å²) in [6.45, 7) is 16.2. The van der Waals surface area contributed by atoms with Gasteiger partial charge in [-0.3, -0.25) is 19.4 Å². The molecule has 1 aromatic carbocycles. The molecule has 7 nitrogen and oxygen atoms in total. The number of Topliss-reactive ketones (excluding diaryl/α,β-unsaturated/α-hetero) is 2. The van der Waals surface area contributed by atoms with Crippen LogP contribution in [0, 0.1) is 12.3 Å². The molecule has 2 aromatic rings. The molecule has 1 aliphatic heterocycles. The monoisotopic (exact) mass is 625 g/mol. The van der Waals surface area contributed by atoms with Crippen molar-refractivity contribution in [3.8, 4) is 11.3 Å². The second kappa shape index (κ2) is 16.1. The normalized spacial score (nSPS) is 15.4. The first-order valence-electron chi connectivity index (χ1n) is 16.7. The molecular weight excluding hydrogens is 574 g/mol. The fourth-order valence-corrected chi connectivity index (χ4v) is 6.02. The molecule has 1 amide bonds. The Morgan fingerprint density at radius 3 is 2.59 bits per heavy atom. The molecule has 0 unspecified atom stereocenters. The fraction of sp³-hybridized carbons (Fsp3) is 0.487. The van der Waals surface area contributed by atoms with E-state index in [2.05, 4.69) is 63.4 Å². The summed E-state index contributed by atoms with van der Waals surface area (Å²) in [7, 11) is 1.78. The number of benzene rings is 1. The second-order valence-corrected chi connectivity index (χ2v) is 13.7. The second-order valence-electron chi connectivity index (χ2n) is 13.7.